The third-order valence-corrected chi connectivity index (χ3v) is 3.78. The molecule has 2 amide bonds. The summed E-state index contributed by atoms with van der Waals surface area (Å²) in [7, 11) is 0. The number of hydrogen-bond acceptors (Lipinski definition) is 4. The zero-order valence-electron chi connectivity index (χ0n) is 12.8. The summed E-state index contributed by atoms with van der Waals surface area (Å²) in [6, 6.07) is 8.92. The fraction of sp³-hybridized carbons (Fsp3) is 0.312. The van der Waals surface area contributed by atoms with Crippen molar-refractivity contribution in [1.29, 1.82) is 0 Å². The quantitative estimate of drug-likeness (QED) is 0.884. The van der Waals surface area contributed by atoms with Gasteiger partial charge in [-0.15, -0.1) is 0 Å². The Kier molecular flexibility index (Phi) is 4.38. The summed E-state index contributed by atoms with van der Waals surface area (Å²) in [4.78, 5) is 26.3. The van der Waals surface area contributed by atoms with E-state index in [0.717, 1.165) is 11.3 Å². The zero-order valence-corrected chi connectivity index (χ0v) is 12.8. The minimum absolute atomic E-state index is 0.00134. The summed E-state index contributed by atoms with van der Waals surface area (Å²) < 4.78 is 5.26. The smallest absolute Gasteiger partial charge is 0.249 e. The molecule has 3 rings (SSSR count). The average molecular weight is 314 g/mol. The number of nitrogens with one attached hydrogen (secondary N) is 2. The molecule has 1 saturated heterocycles. The van der Waals surface area contributed by atoms with Crippen LogP contribution in [-0.2, 0) is 20.9 Å². The maximum absolute atomic E-state index is 12.5. The number of rotatable bonds is 4. The van der Waals surface area contributed by atoms with E-state index in [1.165, 1.54) is 0 Å². The van der Waals surface area contributed by atoms with Crippen LogP contribution in [0.2, 0.25) is 0 Å². The summed E-state index contributed by atoms with van der Waals surface area (Å²) in [6.07, 6.45) is 1.54. The molecule has 1 aromatic heterocycles. The number of anilines is 1. The van der Waals surface area contributed by atoms with Crippen molar-refractivity contribution >= 4 is 17.5 Å². The lowest BCUT2D eigenvalue weighted by molar-refractivity contribution is -0.154. The second-order valence-electron chi connectivity index (χ2n) is 5.44. The number of H-pyrrole nitrogens is 1. The highest BCUT2D eigenvalue weighted by atomic mass is 16.5. The normalized spacial score (nSPS) is 18.0. The number of hydrogen-bond donors (Lipinski definition) is 2. The van der Waals surface area contributed by atoms with Gasteiger partial charge in [0.05, 0.1) is 24.2 Å². The van der Waals surface area contributed by atoms with Crippen LogP contribution in [0.15, 0.2) is 36.5 Å². The lowest BCUT2D eigenvalue weighted by Gasteiger charge is -2.34. The minimum Gasteiger partial charge on any atom is -0.369 e. The molecule has 1 atom stereocenters. The Morgan fingerprint density at radius 2 is 2.22 bits per heavy atom. The number of carbonyl (C=O) groups is 2. The van der Waals surface area contributed by atoms with Crippen LogP contribution < -0.4 is 5.32 Å². The van der Waals surface area contributed by atoms with Crippen LogP contribution in [-0.4, -0.2) is 46.2 Å². The van der Waals surface area contributed by atoms with Crippen molar-refractivity contribution in [3.05, 3.63) is 47.8 Å². The molecular weight excluding hydrogens is 296 g/mol. The van der Waals surface area contributed by atoms with Crippen LogP contribution >= 0.6 is 0 Å². The van der Waals surface area contributed by atoms with E-state index >= 15 is 0 Å². The maximum Gasteiger partial charge on any atom is 0.249 e. The van der Waals surface area contributed by atoms with Crippen molar-refractivity contribution in [2.75, 3.05) is 18.5 Å². The van der Waals surface area contributed by atoms with Gasteiger partial charge in [0.15, 0.2) is 0 Å². The molecule has 0 unspecified atom stereocenters. The average Bonchev–Trinajstić information content (AvgIpc) is 2.95. The van der Waals surface area contributed by atoms with Gasteiger partial charge in [-0.2, -0.15) is 5.10 Å². The molecule has 0 spiro atoms. The van der Waals surface area contributed by atoms with Crippen LogP contribution in [0.3, 0.4) is 0 Å². The van der Waals surface area contributed by atoms with Crippen molar-refractivity contribution in [1.82, 2.24) is 15.1 Å². The largest absolute Gasteiger partial charge is 0.369 e. The molecule has 1 aliphatic rings. The molecule has 7 heteroatoms. The molecule has 2 aromatic rings. The number of aromatic amines is 1. The molecule has 1 aliphatic heterocycles. The SMILES string of the molecule is Cc1[nH]ncc1NC(=O)[C@@H]1COCC(=O)N1Cc1ccccc1. The van der Waals surface area contributed by atoms with Crippen molar-refractivity contribution in [2.24, 2.45) is 0 Å². The lowest BCUT2D eigenvalue weighted by atomic mass is 10.1. The molecule has 23 heavy (non-hydrogen) atoms. The molecule has 0 radical (unpaired) electrons. The number of carbonyl (C=O) groups excluding carboxylic acids is 2. The van der Waals surface area contributed by atoms with Gasteiger partial charge in [-0.3, -0.25) is 14.7 Å². The molecule has 0 aliphatic carbocycles. The molecule has 2 heterocycles. The first-order valence-electron chi connectivity index (χ1n) is 7.37. The number of benzene rings is 1. The first-order chi connectivity index (χ1) is 11.1. The monoisotopic (exact) mass is 314 g/mol. The van der Waals surface area contributed by atoms with E-state index in [1.54, 1.807) is 11.1 Å². The number of nitrogens with zero attached hydrogens (tertiary/aromatic N) is 2. The predicted molar refractivity (Wildman–Crippen MR) is 83.6 cm³/mol. The Balaban J connectivity index is 1.76. The summed E-state index contributed by atoms with van der Waals surface area (Å²) in [6.45, 7) is 2.38. The van der Waals surface area contributed by atoms with Gasteiger partial charge in [-0.1, -0.05) is 30.3 Å². The highest BCUT2D eigenvalue weighted by Crippen LogP contribution is 2.17. The lowest BCUT2D eigenvalue weighted by Crippen LogP contribution is -2.54. The third kappa shape index (κ3) is 3.40. The molecule has 1 aromatic carbocycles. The first kappa shape index (κ1) is 15.2. The van der Waals surface area contributed by atoms with E-state index in [4.69, 9.17) is 4.74 Å². The summed E-state index contributed by atoms with van der Waals surface area (Å²) in [5.74, 6) is -0.470. The Morgan fingerprint density at radius 1 is 1.43 bits per heavy atom. The van der Waals surface area contributed by atoms with E-state index in [0.29, 0.717) is 12.2 Å². The highest BCUT2D eigenvalue weighted by Gasteiger charge is 2.34. The van der Waals surface area contributed by atoms with Crippen molar-refractivity contribution in [2.45, 2.75) is 19.5 Å². The molecular formula is C16H18N4O3. The Hall–Kier alpha value is -2.67. The van der Waals surface area contributed by atoms with Crippen molar-refractivity contribution in [3.8, 4) is 0 Å². The van der Waals surface area contributed by atoms with Gasteiger partial charge in [-0.25, -0.2) is 0 Å². The fourth-order valence-electron chi connectivity index (χ4n) is 2.49. The number of aromatic nitrogens is 2. The number of ether oxygens (including phenoxy) is 1. The predicted octanol–water partition coefficient (Wildman–Crippen LogP) is 1.08. The molecule has 0 bridgehead atoms. The Labute approximate surface area is 133 Å². The maximum atomic E-state index is 12.5. The molecule has 7 nitrogen and oxygen atoms in total. The van der Waals surface area contributed by atoms with E-state index in [9.17, 15) is 9.59 Å². The second-order valence-corrected chi connectivity index (χ2v) is 5.44. The molecule has 2 N–H and O–H groups in total. The highest BCUT2D eigenvalue weighted by molar-refractivity contribution is 5.98. The van der Waals surface area contributed by atoms with E-state index in [-0.39, 0.29) is 25.0 Å². The van der Waals surface area contributed by atoms with Gasteiger partial charge in [0.25, 0.3) is 0 Å². The van der Waals surface area contributed by atoms with Crippen molar-refractivity contribution in [3.63, 3.8) is 0 Å². The van der Waals surface area contributed by atoms with Crippen LogP contribution in [0.4, 0.5) is 5.69 Å². The van der Waals surface area contributed by atoms with Gasteiger partial charge in [0.2, 0.25) is 11.8 Å². The summed E-state index contributed by atoms with van der Waals surface area (Å²) >= 11 is 0. The van der Waals surface area contributed by atoms with Crippen LogP contribution in [0.5, 0.6) is 0 Å². The molecule has 0 saturated carbocycles. The standard InChI is InChI=1S/C16H18N4O3/c1-11-13(7-17-19-11)18-16(22)14-9-23-10-15(21)20(14)8-12-5-3-2-4-6-12/h2-7,14H,8-10H2,1H3,(H,17,19)(H,18,22)/t14-/m0/s1. The van der Waals surface area contributed by atoms with Crippen molar-refractivity contribution < 1.29 is 14.3 Å². The van der Waals surface area contributed by atoms with Gasteiger partial charge in [0, 0.05) is 6.54 Å². The van der Waals surface area contributed by atoms with Crippen LogP contribution in [0, 0.1) is 6.92 Å². The fourth-order valence-corrected chi connectivity index (χ4v) is 2.49. The Bertz CT molecular complexity index is 698. The summed E-state index contributed by atoms with van der Waals surface area (Å²) in [5, 5.41) is 9.42. The van der Waals surface area contributed by atoms with E-state index in [1.807, 2.05) is 37.3 Å². The van der Waals surface area contributed by atoms with Gasteiger partial charge < -0.3 is 15.0 Å². The third-order valence-electron chi connectivity index (χ3n) is 3.78. The van der Waals surface area contributed by atoms with Crippen LogP contribution in [0.1, 0.15) is 11.3 Å². The zero-order chi connectivity index (χ0) is 16.2. The number of amides is 2. The number of morpholine rings is 1. The topological polar surface area (TPSA) is 87.3 Å². The van der Waals surface area contributed by atoms with E-state index < -0.39 is 6.04 Å². The molecule has 120 valence electrons. The van der Waals surface area contributed by atoms with Gasteiger partial charge in [0.1, 0.15) is 12.6 Å². The second kappa shape index (κ2) is 6.62. The summed E-state index contributed by atoms with van der Waals surface area (Å²) in [5.41, 5.74) is 2.34. The Morgan fingerprint density at radius 3 is 2.91 bits per heavy atom. The van der Waals surface area contributed by atoms with E-state index in [2.05, 4.69) is 15.5 Å². The first-order valence-corrected chi connectivity index (χ1v) is 7.37. The number of aryl methyl sites for hydroxylation is 1. The minimum atomic E-state index is -0.661. The molecule has 1 fully saturated rings. The van der Waals surface area contributed by atoms with Gasteiger partial charge >= 0.3 is 0 Å². The van der Waals surface area contributed by atoms with Gasteiger partial charge in [-0.05, 0) is 12.5 Å². The van der Waals surface area contributed by atoms with Crippen LogP contribution in [0.25, 0.3) is 0 Å².